The highest BCUT2D eigenvalue weighted by Crippen LogP contribution is 2.27. The molecule has 42 heavy (non-hydrogen) atoms. The van der Waals surface area contributed by atoms with Crippen LogP contribution < -0.4 is 14.5 Å². The summed E-state index contributed by atoms with van der Waals surface area (Å²) in [5, 5.41) is 4.18. The van der Waals surface area contributed by atoms with E-state index in [0.29, 0.717) is 44.8 Å². The Bertz CT molecular complexity index is 1490. The minimum absolute atomic E-state index is 0.0818. The first-order valence-corrected chi connectivity index (χ1v) is 14.4. The summed E-state index contributed by atoms with van der Waals surface area (Å²) in [4.78, 5) is 37.8. The number of anilines is 2. The van der Waals surface area contributed by atoms with Crippen LogP contribution in [0.2, 0.25) is 0 Å². The van der Waals surface area contributed by atoms with E-state index < -0.39 is 0 Å². The molecule has 2 aromatic heterocycles. The average molecular weight is 568 g/mol. The lowest BCUT2D eigenvalue weighted by Crippen LogP contribution is -2.39. The van der Waals surface area contributed by atoms with Gasteiger partial charge in [-0.25, -0.2) is 4.98 Å². The number of hydrogen-bond donors (Lipinski definition) is 0. The summed E-state index contributed by atoms with van der Waals surface area (Å²) in [6, 6.07) is 22.8. The van der Waals surface area contributed by atoms with Gasteiger partial charge in [0.2, 0.25) is 11.7 Å². The molecule has 0 saturated heterocycles. The zero-order valence-corrected chi connectivity index (χ0v) is 24.4. The largest absolute Gasteiger partial charge is 0.497 e. The van der Waals surface area contributed by atoms with Crippen LogP contribution >= 0.6 is 0 Å². The van der Waals surface area contributed by atoms with Crippen molar-refractivity contribution < 1.29 is 18.8 Å². The molecule has 5 rings (SSSR count). The van der Waals surface area contributed by atoms with Crippen molar-refractivity contribution in [3.63, 3.8) is 0 Å². The first kappa shape index (κ1) is 28.9. The third kappa shape index (κ3) is 6.79. The second-order valence-electron chi connectivity index (χ2n) is 10.8. The van der Waals surface area contributed by atoms with Gasteiger partial charge in [-0.2, -0.15) is 0 Å². The van der Waals surface area contributed by atoms with E-state index in [0.717, 1.165) is 34.8 Å². The van der Waals surface area contributed by atoms with E-state index in [-0.39, 0.29) is 23.5 Å². The Kier molecular flexibility index (Phi) is 9.16. The predicted octanol–water partition coefficient (Wildman–Crippen LogP) is 5.68. The maximum Gasteiger partial charge on any atom is 0.292 e. The zero-order valence-electron chi connectivity index (χ0n) is 24.4. The Balaban J connectivity index is 1.48. The van der Waals surface area contributed by atoms with Crippen LogP contribution in [0, 0.1) is 5.92 Å². The van der Waals surface area contributed by atoms with Gasteiger partial charge in [0, 0.05) is 62.7 Å². The molecule has 218 valence electrons. The fourth-order valence-electron chi connectivity index (χ4n) is 5.18. The molecule has 2 aromatic carbocycles. The molecule has 0 atom stereocenters. The number of fused-ring (bicyclic) bond motifs is 1. The molecular weight excluding hydrogens is 530 g/mol. The van der Waals surface area contributed by atoms with E-state index in [2.05, 4.69) is 28.9 Å². The van der Waals surface area contributed by atoms with E-state index in [1.807, 2.05) is 71.6 Å². The smallest absolute Gasteiger partial charge is 0.292 e. The van der Waals surface area contributed by atoms with Crippen molar-refractivity contribution in [3.8, 4) is 17.0 Å². The average Bonchev–Trinajstić information content (AvgIpc) is 3.49. The second kappa shape index (κ2) is 13.3. The number of methoxy groups -OCH3 is 1. The molecule has 0 unspecified atom stereocenters. The first-order chi connectivity index (χ1) is 20.4. The van der Waals surface area contributed by atoms with Crippen LogP contribution in [-0.2, 0) is 11.3 Å². The van der Waals surface area contributed by atoms with Gasteiger partial charge in [0.1, 0.15) is 17.3 Å². The lowest BCUT2D eigenvalue weighted by molar-refractivity contribution is -0.119. The van der Waals surface area contributed by atoms with Gasteiger partial charge in [-0.1, -0.05) is 43.3 Å². The molecule has 1 aliphatic rings. The van der Waals surface area contributed by atoms with Gasteiger partial charge in [-0.15, -0.1) is 0 Å². The van der Waals surface area contributed by atoms with Crippen LogP contribution in [0.5, 0.6) is 5.75 Å². The van der Waals surface area contributed by atoms with Crippen molar-refractivity contribution in [1.29, 1.82) is 0 Å². The lowest BCUT2D eigenvalue weighted by atomic mass is 10.1. The number of ether oxygens (including phenoxy) is 1. The molecular formula is C33H37N5O4. The molecule has 0 aliphatic carbocycles. The Labute approximate surface area is 246 Å². The predicted molar refractivity (Wildman–Crippen MR) is 163 cm³/mol. The molecule has 0 radical (unpaired) electrons. The summed E-state index contributed by atoms with van der Waals surface area (Å²) in [6.07, 6.45) is 2.98. The Morgan fingerprint density at radius 2 is 1.74 bits per heavy atom. The fraction of sp³-hybridized carbons (Fsp3) is 0.333. The summed E-state index contributed by atoms with van der Waals surface area (Å²) in [6.45, 7) is 6.69. The van der Waals surface area contributed by atoms with Gasteiger partial charge in [-0.05, 0) is 60.4 Å². The van der Waals surface area contributed by atoms with Crippen molar-refractivity contribution in [2.24, 2.45) is 5.92 Å². The Morgan fingerprint density at radius 3 is 2.48 bits per heavy atom. The van der Waals surface area contributed by atoms with Crippen molar-refractivity contribution in [1.82, 2.24) is 15.0 Å². The highest BCUT2D eigenvalue weighted by Gasteiger charge is 2.26. The topological polar surface area (TPSA) is 92.0 Å². The number of amides is 2. The molecule has 0 bridgehead atoms. The Morgan fingerprint density at radius 1 is 0.952 bits per heavy atom. The summed E-state index contributed by atoms with van der Waals surface area (Å²) >= 11 is 0. The minimum Gasteiger partial charge on any atom is -0.497 e. The third-order valence-electron chi connectivity index (χ3n) is 7.34. The number of carbonyl (C=O) groups is 2. The van der Waals surface area contributed by atoms with Crippen molar-refractivity contribution in [3.05, 3.63) is 90.3 Å². The number of rotatable bonds is 6. The van der Waals surface area contributed by atoms with Gasteiger partial charge >= 0.3 is 0 Å². The van der Waals surface area contributed by atoms with E-state index in [4.69, 9.17) is 9.26 Å². The number of nitrogens with zero attached hydrogens (tertiary/aromatic N) is 5. The summed E-state index contributed by atoms with van der Waals surface area (Å²) in [5.41, 5.74) is 3.13. The number of hydrogen-bond acceptors (Lipinski definition) is 7. The summed E-state index contributed by atoms with van der Waals surface area (Å²) in [7, 11) is 1.62. The lowest BCUT2D eigenvalue weighted by Gasteiger charge is -2.28. The van der Waals surface area contributed by atoms with Crippen LogP contribution in [0.1, 0.15) is 42.8 Å². The highest BCUT2D eigenvalue weighted by molar-refractivity contribution is 5.95. The van der Waals surface area contributed by atoms with E-state index in [1.165, 1.54) is 0 Å². The SMILES string of the molecule is COc1ccc(-c2cc(C(=O)N3CCN(c4ccccn4)CCCN(C(=O)CC(C)C)c4ccccc4C3)on2)cc1. The zero-order chi connectivity index (χ0) is 29.5. The summed E-state index contributed by atoms with van der Waals surface area (Å²) in [5.74, 6) is 1.78. The van der Waals surface area contributed by atoms with Gasteiger partial charge in [0.05, 0.1) is 7.11 Å². The van der Waals surface area contributed by atoms with Crippen LogP contribution in [0.25, 0.3) is 11.3 Å². The molecule has 9 nitrogen and oxygen atoms in total. The van der Waals surface area contributed by atoms with Crippen LogP contribution in [-0.4, -0.2) is 60.1 Å². The number of benzene rings is 2. The number of pyridine rings is 1. The number of carbonyl (C=O) groups excluding carboxylic acids is 2. The monoisotopic (exact) mass is 567 g/mol. The highest BCUT2D eigenvalue weighted by atomic mass is 16.5. The van der Waals surface area contributed by atoms with Gasteiger partial charge in [0.15, 0.2) is 0 Å². The van der Waals surface area contributed by atoms with E-state index in [1.54, 1.807) is 24.3 Å². The molecule has 2 amide bonds. The molecule has 0 N–H and O–H groups in total. The Hall–Kier alpha value is -4.66. The van der Waals surface area contributed by atoms with Crippen molar-refractivity contribution in [2.75, 3.05) is 43.1 Å². The van der Waals surface area contributed by atoms with Crippen molar-refractivity contribution >= 4 is 23.3 Å². The minimum atomic E-state index is -0.266. The van der Waals surface area contributed by atoms with Crippen molar-refractivity contribution in [2.45, 2.75) is 33.2 Å². The number of para-hydroxylation sites is 1. The molecule has 4 aromatic rings. The van der Waals surface area contributed by atoms with Gasteiger partial charge in [-0.3, -0.25) is 9.59 Å². The molecule has 1 aliphatic heterocycles. The summed E-state index contributed by atoms with van der Waals surface area (Å²) < 4.78 is 10.8. The van der Waals surface area contributed by atoms with Crippen LogP contribution in [0.15, 0.2) is 83.5 Å². The molecule has 0 fully saturated rings. The normalized spacial score (nSPS) is 14.3. The van der Waals surface area contributed by atoms with Crippen LogP contribution in [0.4, 0.5) is 11.5 Å². The maximum atomic E-state index is 14.0. The second-order valence-corrected chi connectivity index (χ2v) is 10.8. The quantitative estimate of drug-likeness (QED) is 0.296. The van der Waals surface area contributed by atoms with Gasteiger partial charge in [0.25, 0.3) is 5.91 Å². The number of aromatic nitrogens is 2. The molecule has 0 saturated carbocycles. The molecule has 3 heterocycles. The van der Waals surface area contributed by atoms with E-state index >= 15 is 0 Å². The first-order valence-electron chi connectivity index (χ1n) is 14.4. The maximum absolute atomic E-state index is 14.0. The van der Waals surface area contributed by atoms with Crippen LogP contribution in [0.3, 0.4) is 0 Å². The fourth-order valence-corrected chi connectivity index (χ4v) is 5.18. The van der Waals surface area contributed by atoms with Gasteiger partial charge < -0.3 is 24.0 Å². The standard InChI is InChI=1S/C33H37N5O4/c1-24(2)21-32(39)38-18-8-17-36(31-11-6-7-16-34-31)19-20-37(23-26-9-4-5-10-29(26)38)33(40)30-22-28(35-42-30)25-12-14-27(41-3)15-13-25/h4-7,9-16,22,24H,8,17-21,23H2,1-3H3. The third-order valence-corrected chi connectivity index (χ3v) is 7.34. The molecule has 0 spiro atoms. The molecule has 9 heteroatoms. The van der Waals surface area contributed by atoms with E-state index in [9.17, 15) is 9.59 Å².